The van der Waals surface area contributed by atoms with Gasteiger partial charge in [0, 0.05) is 13.7 Å². The van der Waals surface area contributed by atoms with E-state index < -0.39 is 23.4 Å². The quantitative estimate of drug-likeness (QED) is 0.437. The molecule has 0 aliphatic heterocycles. The summed E-state index contributed by atoms with van der Waals surface area (Å²) in [7, 11) is 1.55. The summed E-state index contributed by atoms with van der Waals surface area (Å²) in [6.45, 7) is 14.5. The third-order valence-electron chi connectivity index (χ3n) is 2.99. The maximum Gasteiger partial charge on any atom is 0.419 e. The smallest absolute Gasteiger partial charge is 0.419 e. The molecule has 1 atom stereocenters. The minimum atomic E-state index is -0.718. The predicted octanol–water partition coefficient (Wildman–Crippen LogP) is 4.50. The Labute approximate surface area is 157 Å². The minimum Gasteiger partial charge on any atom is -0.443 e. The Balaban J connectivity index is 4.91. The summed E-state index contributed by atoms with van der Waals surface area (Å²) in [5.41, 5.74) is -1.41. The maximum absolute atomic E-state index is 12.4. The van der Waals surface area contributed by atoms with Crippen molar-refractivity contribution in [1.82, 2.24) is 4.90 Å². The van der Waals surface area contributed by atoms with Gasteiger partial charge in [-0.05, 0) is 60.8 Å². The fourth-order valence-electron chi connectivity index (χ4n) is 1.99. The van der Waals surface area contributed by atoms with Crippen LogP contribution in [-0.2, 0) is 18.9 Å². The Kier molecular flexibility index (Phi) is 10.5. The number of nitrogens with zero attached hydrogens (tertiary/aromatic N) is 1. The van der Waals surface area contributed by atoms with E-state index in [9.17, 15) is 9.59 Å². The van der Waals surface area contributed by atoms with Gasteiger partial charge in [0.1, 0.15) is 18.0 Å². The number of ether oxygens (including phenoxy) is 4. The average Bonchev–Trinajstić information content (AvgIpc) is 2.44. The van der Waals surface area contributed by atoms with Crippen LogP contribution in [-0.4, -0.2) is 54.8 Å². The highest BCUT2D eigenvalue weighted by atomic mass is 16.7. The molecule has 0 aromatic heterocycles. The number of methoxy groups -OCH3 is 1. The van der Waals surface area contributed by atoms with Gasteiger partial charge in [-0.25, -0.2) is 14.5 Å². The molecule has 0 aromatic carbocycles. The van der Waals surface area contributed by atoms with Crippen molar-refractivity contribution in [2.24, 2.45) is 0 Å². The lowest BCUT2D eigenvalue weighted by Gasteiger charge is -2.29. The summed E-state index contributed by atoms with van der Waals surface area (Å²) in [6, 6.07) is 0. The highest BCUT2D eigenvalue weighted by molar-refractivity contribution is 5.88. The Bertz CT molecular complexity index is 422. The fraction of sp³-hybridized carbons (Fsp3) is 0.789. The van der Waals surface area contributed by atoms with E-state index in [1.54, 1.807) is 54.7 Å². The molecule has 0 radical (unpaired) electrons. The van der Waals surface area contributed by atoms with Crippen LogP contribution in [0, 0.1) is 0 Å². The van der Waals surface area contributed by atoms with E-state index >= 15 is 0 Å². The molecular formula is C19H35NO6. The van der Waals surface area contributed by atoms with Gasteiger partial charge in [-0.3, -0.25) is 0 Å². The van der Waals surface area contributed by atoms with Gasteiger partial charge in [-0.15, -0.1) is 6.58 Å². The van der Waals surface area contributed by atoms with Crippen molar-refractivity contribution in [1.29, 1.82) is 0 Å². The van der Waals surface area contributed by atoms with E-state index in [0.717, 1.165) is 4.90 Å². The van der Waals surface area contributed by atoms with Crippen LogP contribution in [0.5, 0.6) is 0 Å². The summed E-state index contributed by atoms with van der Waals surface area (Å²) >= 11 is 0. The summed E-state index contributed by atoms with van der Waals surface area (Å²) in [5, 5.41) is 0. The molecule has 0 N–H and O–H groups in total. The lowest BCUT2D eigenvalue weighted by Crippen LogP contribution is -2.44. The molecule has 152 valence electrons. The van der Waals surface area contributed by atoms with Gasteiger partial charge < -0.3 is 18.9 Å². The van der Waals surface area contributed by atoms with E-state index in [0.29, 0.717) is 19.3 Å². The second-order valence-corrected chi connectivity index (χ2v) is 7.97. The molecule has 2 amide bonds. The lowest BCUT2D eigenvalue weighted by atomic mass is 10.1. The molecule has 0 aliphatic rings. The number of hydrogen-bond acceptors (Lipinski definition) is 6. The van der Waals surface area contributed by atoms with Crippen LogP contribution >= 0.6 is 0 Å². The van der Waals surface area contributed by atoms with Crippen molar-refractivity contribution in [3.8, 4) is 0 Å². The molecule has 0 heterocycles. The van der Waals surface area contributed by atoms with Gasteiger partial charge in [-0.1, -0.05) is 6.08 Å². The number of carbonyl (C=O) groups excluding carboxylic acids is 2. The first kappa shape index (κ1) is 24.4. The van der Waals surface area contributed by atoms with Gasteiger partial charge in [0.2, 0.25) is 0 Å². The molecule has 0 unspecified atom stereocenters. The van der Waals surface area contributed by atoms with Gasteiger partial charge in [0.15, 0.2) is 0 Å². The van der Waals surface area contributed by atoms with Crippen LogP contribution in [0.2, 0.25) is 0 Å². The van der Waals surface area contributed by atoms with Crippen LogP contribution in [0.4, 0.5) is 9.59 Å². The lowest BCUT2D eigenvalue weighted by molar-refractivity contribution is -0.0738. The van der Waals surface area contributed by atoms with Crippen molar-refractivity contribution < 1.29 is 28.5 Å². The largest absolute Gasteiger partial charge is 0.443 e. The van der Waals surface area contributed by atoms with Crippen molar-refractivity contribution in [3.05, 3.63) is 12.7 Å². The molecule has 0 bridgehead atoms. The molecule has 0 fully saturated rings. The van der Waals surface area contributed by atoms with Gasteiger partial charge in [0.05, 0.1) is 6.10 Å². The van der Waals surface area contributed by atoms with Gasteiger partial charge in [-0.2, -0.15) is 0 Å². The number of hydrogen-bond donors (Lipinski definition) is 0. The van der Waals surface area contributed by atoms with E-state index in [2.05, 4.69) is 6.58 Å². The highest BCUT2D eigenvalue weighted by Crippen LogP contribution is 2.16. The molecule has 0 spiro atoms. The maximum atomic E-state index is 12.4. The third-order valence-corrected chi connectivity index (χ3v) is 2.99. The molecule has 7 nitrogen and oxygen atoms in total. The first-order valence-corrected chi connectivity index (χ1v) is 8.84. The molecule has 0 aliphatic carbocycles. The zero-order valence-electron chi connectivity index (χ0n) is 17.3. The Morgan fingerprint density at radius 3 is 1.92 bits per heavy atom. The first-order chi connectivity index (χ1) is 11.9. The van der Waals surface area contributed by atoms with E-state index in [4.69, 9.17) is 18.9 Å². The predicted molar refractivity (Wildman–Crippen MR) is 100.0 cm³/mol. The second-order valence-electron chi connectivity index (χ2n) is 7.97. The van der Waals surface area contributed by atoms with Crippen molar-refractivity contribution in [3.63, 3.8) is 0 Å². The van der Waals surface area contributed by atoms with Crippen molar-refractivity contribution in [2.45, 2.75) is 78.1 Å². The van der Waals surface area contributed by atoms with E-state index in [1.807, 2.05) is 0 Å². The molecule has 0 rings (SSSR count). The molecular weight excluding hydrogens is 338 g/mol. The van der Waals surface area contributed by atoms with Crippen molar-refractivity contribution >= 4 is 12.2 Å². The number of rotatable bonds is 9. The standard InChI is InChI=1S/C19H35NO6/c1-9-11-15(24-14-23-8)12-10-13-20(16(21)25-18(2,3)4)17(22)26-19(5,6)7/h9,15H,1,10-14H2,2-8H3/t15-/m1/s1. The van der Waals surface area contributed by atoms with Gasteiger partial charge >= 0.3 is 12.2 Å². The topological polar surface area (TPSA) is 74.3 Å². The third kappa shape index (κ3) is 11.9. The normalized spacial score (nSPS) is 13.0. The van der Waals surface area contributed by atoms with Crippen LogP contribution in [0.25, 0.3) is 0 Å². The van der Waals surface area contributed by atoms with Crippen LogP contribution in [0.15, 0.2) is 12.7 Å². The summed E-state index contributed by atoms with van der Waals surface area (Å²) in [6.07, 6.45) is 2.07. The monoisotopic (exact) mass is 373 g/mol. The average molecular weight is 373 g/mol. The summed E-state index contributed by atoms with van der Waals surface area (Å²) in [4.78, 5) is 25.8. The second kappa shape index (κ2) is 11.2. The first-order valence-electron chi connectivity index (χ1n) is 8.84. The Hall–Kier alpha value is -1.60. The number of amides is 2. The van der Waals surface area contributed by atoms with E-state index in [1.165, 1.54) is 0 Å². The molecule has 0 aromatic rings. The molecule has 0 saturated heterocycles. The molecule has 26 heavy (non-hydrogen) atoms. The summed E-state index contributed by atoms with van der Waals surface area (Å²) in [5.74, 6) is 0. The zero-order chi connectivity index (χ0) is 20.4. The van der Waals surface area contributed by atoms with E-state index in [-0.39, 0.29) is 19.4 Å². The fourth-order valence-corrected chi connectivity index (χ4v) is 1.99. The molecule has 0 saturated carbocycles. The Morgan fingerprint density at radius 1 is 1.04 bits per heavy atom. The SMILES string of the molecule is C=CC[C@H](CCCN(C(=O)OC(C)(C)C)C(=O)OC(C)(C)C)OCOC. The van der Waals surface area contributed by atoms with Gasteiger partial charge in [0.25, 0.3) is 0 Å². The zero-order valence-corrected chi connectivity index (χ0v) is 17.3. The Morgan fingerprint density at radius 2 is 1.54 bits per heavy atom. The minimum absolute atomic E-state index is 0.0911. The van der Waals surface area contributed by atoms with Crippen molar-refractivity contribution in [2.75, 3.05) is 20.4 Å². The number of imide groups is 1. The summed E-state index contributed by atoms with van der Waals surface area (Å²) < 4.78 is 21.1. The van der Waals surface area contributed by atoms with Crippen LogP contribution < -0.4 is 0 Å². The molecule has 7 heteroatoms. The number of carbonyl (C=O) groups is 2. The van der Waals surface area contributed by atoms with Crippen LogP contribution in [0.3, 0.4) is 0 Å². The highest BCUT2D eigenvalue weighted by Gasteiger charge is 2.30. The van der Waals surface area contributed by atoms with Crippen LogP contribution in [0.1, 0.15) is 60.8 Å².